The number of hydrogen-bond donors (Lipinski definition) is 2. The van der Waals surface area contributed by atoms with E-state index in [0.29, 0.717) is 16.6 Å². The topological polar surface area (TPSA) is 41.1 Å². The van der Waals surface area contributed by atoms with Crippen molar-refractivity contribution in [3.05, 3.63) is 65.2 Å². The van der Waals surface area contributed by atoms with Gasteiger partial charge in [0.15, 0.2) is 0 Å². The molecule has 2 aromatic rings. The molecule has 0 saturated heterocycles. The van der Waals surface area contributed by atoms with E-state index in [-0.39, 0.29) is 18.0 Å². The van der Waals surface area contributed by atoms with Crippen LogP contribution in [0.4, 0.5) is 5.69 Å². The number of carbonyl (C=O) groups excluding carboxylic acids is 1. The summed E-state index contributed by atoms with van der Waals surface area (Å²) in [5, 5.41) is 6.92. The molecule has 0 aliphatic carbocycles. The molecular formula is C19H23ClN2O. The number of carbonyl (C=O) groups is 1. The molecule has 2 rings (SSSR count). The fraction of sp³-hybridized carbons (Fsp3) is 0.316. The van der Waals surface area contributed by atoms with E-state index < -0.39 is 0 Å². The van der Waals surface area contributed by atoms with E-state index in [4.69, 9.17) is 11.6 Å². The summed E-state index contributed by atoms with van der Waals surface area (Å²) in [5.41, 5.74) is 1.89. The van der Waals surface area contributed by atoms with E-state index in [1.165, 1.54) is 5.56 Å². The molecule has 0 saturated carbocycles. The molecule has 23 heavy (non-hydrogen) atoms. The van der Waals surface area contributed by atoms with Crippen molar-refractivity contribution in [3.8, 4) is 0 Å². The van der Waals surface area contributed by atoms with Crippen molar-refractivity contribution in [2.75, 3.05) is 5.32 Å². The van der Waals surface area contributed by atoms with Gasteiger partial charge in [-0.1, -0.05) is 61.8 Å². The molecule has 0 radical (unpaired) electrons. The van der Waals surface area contributed by atoms with Crippen molar-refractivity contribution in [3.63, 3.8) is 0 Å². The molecule has 122 valence electrons. The van der Waals surface area contributed by atoms with Gasteiger partial charge in [0.1, 0.15) is 0 Å². The van der Waals surface area contributed by atoms with Crippen LogP contribution in [0.25, 0.3) is 0 Å². The van der Waals surface area contributed by atoms with E-state index >= 15 is 0 Å². The van der Waals surface area contributed by atoms with Crippen LogP contribution >= 0.6 is 11.6 Å². The molecular weight excluding hydrogens is 308 g/mol. The highest BCUT2D eigenvalue weighted by molar-refractivity contribution is 6.30. The maximum Gasteiger partial charge on any atom is 0.241 e. The Labute approximate surface area is 143 Å². The van der Waals surface area contributed by atoms with E-state index in [2.05, 4.69) is 36.6 Å². The van der Waals surface area contributed by atoms with Gasteiger partial charge in [0.05, 0.1) is 6.04 Å². The molecule has 1 amide bonds. The number of rotatable bonds is 6. The lowest BCUT2D eigenvalue weighted by atomic mass is 9.95. The van der Waals surface area contributed by atoms with Gasteiger partial charge in [-0.3, -0.25) is 10.1 Å². The van der Waals surface area contributed by atoms with E-state index in [0.717, 1.165) is 0 Å². The van der Waals surface area contributed by atoms with Gasteiger partial charge in [-0.15, -0.1) is 0 Å². The van der Waals surface area contributed by atoms with Gasteiger partial charge in [0.2, 0.25) is 5.91 Å². The van der Waals surface area contributed by atoms with Gasteiger partial charge in [0, 0.05) is 16.8 Å². The Morgan fingerprint density at radius 2 is 1.70 bits per heavy atom. The molecule has 0 bridgehead atoms. The number of amides is 1. The Morgan fingerprint density at radius 3 is 2.30 bits per heavy atom. The van der Waals surface area contributed by atoms with Crippen LogP contribution in [0.2, 0.25) is 5.02 Å². The van der Waals surface area contributed by atoms with Crippen molar-refractivity contribution in [1.82, 2.24) is 5.32 Å². The quantitative estimate of drug-likeness (QED) is 0.809. The summed E-state index contributed by atoms with van der Waals surface area (Å²) in [6.45, 7) is 6.16. The number of benzene rings is 2. The molecule has 0 spiro atoms. The molecule has 0 heterocycles. The molecule has 3 nitrogen and oxygen atoms in total. The van der Waals surface area contributed by atoms with Crippen LogP contribution in [0.15, 0.2) is 54.6 Å². The third-order valence-corrected chi connectivity index (χ3v) is 3.98. The van der Waals surface area contributed by atoms with Gasteiger partial charge >= 0.3 is 0 Å². The Bertz CT molecular complexity index is 643. The van der Waals surface area contributed by atoms with E-state index in [9.17, 15) is 4.79 Å². The van der Waals surface area contributed by atoms with Crippen LogP contribution in [0.3, 0.4) is 0 Å². The standard InChI is InChI=1S/C19H23ClN2O/c1-13(2)18(15-8-5-4-6-9-15)21-14(3)19(23)22-17-11-7-10-16(20)12-17/h4-14,18,21H,1-3H3,(H,22,23)/t14-,18+/m1/s1. The first-order valence-electron chi connectivity index (χ1n) is 7.85. The number of nitrogens with one attached hydrogen (secondary N) is 2. The van der Waals surface area contributed by atoms with Crippen molar-refractivity contribution in [2.45, 2.75) is 32.9 Å². The predicted octanol–water partition coefficient (Wildman–Crippen LogP) is 4.65. The zero-order valence-electron chi connectivity index (χ0n) is 13.7. The van der Waals surface area contributed by atoms with Crippen LogP contribution in [-0.2, 0) is 4.79 Å². The fourth-order valence-corrected chi connectivity index (χ4v) is 2.69. The Balaban J connectivity index is 2.03. The number of halogens is 1. The summed E-state index contributed by atoms with van der Waals surface area (Å²) in [6.07, 6.45) is 0. The molecule has 2 atom stereocenters. The summed E-state index contributed by atoms with van der Waals surface area (Å²) in [7, 11) is 0. The molecule has 0 aliphatic heterocycles. The molecule has 0 aromatic heterocycles. The average molecular weight is 331 g/mol. The molecule has 0 unspecified atom stereocenters. The predicted molar refractivity (Wildman–Crippen MR) is 96.7 cm³/mol. The summed E-state index contributed by atoms with van der Waals surface area (Å²) < 4.78 is 0. The Hall–Kier alpha value is -1.84. The summed E-state index contributed by atoms with van der Waals surface area (Å²) >= 11 is 5.95. The lowest BCUT2D eigenvalue weighted by Crippen LogP contribution is -2.41. The van der Waals surface area contributed by atoms with E-state index in [1.54, 1.807) is 12.1 Å². The van der Waals surface area contributed by atoms with Crippen molar-refractivity contribution >= 4 is 23.2 Å². The van der Waals surface area contributed by atoms with Crippen molar-refractivity contribution < 1.29 is 4.79 Å². The smallest absolute Gasteiger partial charge is 0.241 e. The summed E-state index contributed by atoms with van der Waals surface area (Å²) in [4.78, 5) is 12.4. The first-order chi connectivity index (χ1) is 11.0. The van der Waals surface area contributed by atoms with Gasteiger partial charge in [0.25, 0.3) is 0 Å². The van der Waals surface area contributed by atoms with Crippen LogP contribution < -0.4 is 10.6 Å². The van der Waals surface area contributed by atoms with Crippen molar-refractivity contribution in [2.24, 2.45) is 5.92 Å². The van der Waals surface area contributed by atoms with Crippen LogP contribution in [0, 0.1) is 5.92 Å². The SMILES string of the molecule is CC(C)[C@H](N[C@H](C)C(=O)Nc1cccc(Cl)c1)c1ccccc1. The van der Waals surface area contributed by atoms with Gasteiger partial charge in [-0.25, -0.2) is 0 Å². The lowest BCUT2D eigenvalue weighted by molar-refractivity contribution is -0.118. The maximum absolute atomic E-state index is 12.4. The third kappa shape index (κ3) is 5.08. The third-order valence-electron chi connectivity index (χ3n) is 3.74. The van der Waals surface area contributed by atoms with Gasteiger partial charge in [-0.05, 0) is 36.6 Å². The first kappa shape index (κ1) is 17.5. The second-order valence-corrected chi connectivity index (χ2v) is 6.46. The molecule has 2 aromatic carbocycles. The summed E-state index contributed by atoms with van der Waals surface area (Å²) in [5.74, 6) is 0.299. The highest BCUT2D eigenvalue weighted by Gasteiger charge is 2.21. The lowest BCUT2D eigenvalue weighted by Gasteiger charge is -2.26. The zero-order valence-corrected chi connectivity index (χ0v) is 14.5. The molecule has 4 heteroatoms. The minimum atomic E-state index is -0.318. The minimum absolute atomic E-state index is 0.0751. The van der Waals surface area contributed by atoms with Gasteiger partial charge < -0.3 is 5.32 Å². The fourth-order valence-electron chi connectivity index (χ4n) is 2.50. The summed E-state index contributed by atoms with van der Waals surface area (Å²) in [6, 6.07) is 17.2. The Morgan fingerprint density at radius 1 is 1.00 bits per heavy atom. The van der Waals surface area contributed by atoms with Crippen LogP contribution in [0.5, 0.6) is 0 Å². The minimum Gasteiger partial charge on any atom is -0.325 e. The Kier molecular flexibility index (Phi) is 6.20. The number of anilines is 1. The molecule has 0 aliphatic rings. The monoisotopic (exact) mass is 330 g/mol. The first-order valence-corrected chi connectivity index (χ1v) is 8.22. The normalized spacial score (nSPS) is 13.6. The molecule has 0 fully saturated rings. The van der Waals surface area contributed by atoms with Gasteiger partial charge in [-0.2, -0.15) is 0 Å². The second-order valence-electron chi connectivity index (χ2n) is 6.02. The highest BCUT2D eigenvalue weighted by Crippen LogP contribution is 2.22. The largest absolute Gasteiger partial charge is 0.325 e. The second kappa shape index (κ2) is 8.14. The van der Waals surface area contributed by atoms with Crippen LogP contribution in [-0.4, -0.2) is 11.9 Å². The maximum atomic E-state index is 12.4. The average Bonchev–Trinajstić information content (AvgIpc) is 2.52. The van der Waals surface area contributed by atoms with E-state index in [1.807, 2.05) is 37.3 Å². The number of hydrogen-bond acceptors (Lipinski definition) is 2. The molecule has 2 N–H and O–H groups in total. The van der Waals surface area contributed by atoms with Crippen LogP contribution in [0.1, 0.15) is 32.4 Å². The van der Waals surface area contributed by atoms with Crippen molar-refractivity contribution in [1.29, 1.82) is 0 Å². The zero-order chi connectivity index (χ0) is 16.8. The highest BCUT2D eigenvalue weighted by atomic mass is 35.5.